The van der Waals surface area contributed by atoms with Crippen molar-refractivity contribution >= 4 is 17.4 Å². The van der Waals surface area contributed by atoms with Gasteiger partial charge in [-0.15, -0.1) is 0 Å². The van der Waals surface area contributed by atoms with E-state index in [-0.39, 0.29) is 28.5 Å². The van der Waals surface area contributed by atoms with Gasteiger partial charge in [0.15, 0.2) is 5.78 Å². The molecule has 31 heavy (non-hydrogen) atoms. The van der Waals surface area contributed by atoms with Crippen LogP contribution in [-0.2, 0) is 15.3 Å². The molecule has 2 aliphatic heterocycles. The molecule has 166 valence electrons. The number of aliphatic hydroxyl groups is 4. The van der Waals surface area contributed by atoms with Crippen molar-refractivity contribution in [2.45, 2.75) is 36.6 Å². The fraction of sp³-hybridized carbons (Fsp3) is 0.409. The Morgan fingerprint density at radius 3 is 2.52 bits per heavy atom. The lowest BCUT2D eigenvalue weighted by molar-refractivity contribution is -0.329. The van der Waals surface area contributed by atoms with Crippen molar-refractivity contribution < 1.29 is 39.4 Å². The minimum absolute atomic E-state index is 0.138. The third-order valence-corrected chi connectivity index (χ3v) is 6.10. The molecular weight excluding hydrogens is 428 g/mol. The quantitative estimate of drug-likeness (QED) is 0.480. The summed E-state index contributed by atoms with van der Waals surface area (Å²) in [6.45, 7) is 1.47. The molecule has 0 aromatic heterocycles. The lowest BCUT2D eigenvalue weighted by Crippen LogP contribution is -2.65. The minimum atomic E-state index is -1.88. The molecule has 0 aliphatic carbocycles. The third-order valence-electron chi connectivity index (χ3n) is 5.77. The zero-order valence-corrected chi connectivity index (χ0v) is 17.5. The second-order valence-electron chi connectivity index (χ2n) is 7.64. The summed E-state index contributed by atoms with van der Waals surface area (Å²) >= 11 is 6.28. The highest BCUT2D eigenvalue weighted by molar-refractivity contribution is 6.35. The van der Waals surface area contributed by atoms with E-state index in [9.17, 15) is 25.2 Å². The Labute approximate surface area is 183 Å². The minimum Gasteiger partial charge on any atom is -0.494 e. The molecule has 8 nitrogen and oxygen atoms in total. The topological polar surface area (TPSA) is 126 Å². The van der Waals surface area contributed by atoms with E-state index >= 15 is 0 Å². The Bertz CT molecular complexity index is 980. The first-order chi connectivity index (χ1) is 14.8. The van der Waals surface area contributed by atoms with Gasteiger partial charge in [0.2, 0.25) is 5.79 Å². The monoisotopic (exact) mass is 450 g/mol. The second kappa shape index (κ2) is 8.14. The Hall–Kier alpha value is -2.04. The van der Waals surface area contributed by atoms with E-state index in [0.29, 0.717) is 17.9 Å². The van der Waals surface area contributed by atoms with Crippen molar-refractivity contribution in [3.8, 4) is 5.75 Å². The van der Waals surface area contributed by atoms with Gasteiger partial charge in [-0.05, 0) is 43.3 Å². The molecule has 2 aromatic rings. The summed E-state index contributed by atoms with van der Waals surface area (Å²) in [4.78, 5) is 13.1. The smallest absolute Gasteiger partial charge is 0.225 e. The van der Waals surface area contributed by atoms with Crippen LogP contribution in [0.25, 0.3) is 0 Å². The van der Waals surface area contributed by atoms with E-state index in [1.165, 1.54) is 18.2 Å². The highest BCUT2D eigenvalue weighted by atomic mass is 35.5. The number of ether oxygens (including phenoxy) is 3. The van der Waals surface area contributed by atoms with Crippen LogP contribution in [0.1, 0.15) is 28.4 Å². The maximum atomic E-state index is 13.1. The van der Waals surface area contributed by atoms with E-state index in [0.717, 1.165) is 0 Å². The molecule has 0 amide bonds. The fourth-order valence-corrected chi connectivity index (χ4v) is 4.22. The SMILES string of the molecule is CCOc1ccc(C(=O)c2cc([C@]34OC[C@](CO)(O3)[C@@H](O)[C@H](O)[C@H]4O)ccc2Cl)cc1. The Balaban J connectivity index is 1.72. The van der Waals surface area contributed by atoms with Gasteiger partial charge in [-0.2, -0.15) is 0 Å². The van der Waals surface area contributed by atoms with Crippen molar-refractivity contribution in [1.82, 2.24) is 0 Å². The molecule has 5 atom stereocenters. The maximum absolute atomic E-state index is 13.1. The molecule has 2 bridgehead atoms. The van der Waals surface area contributed by atoms with Crippen LogP contribution in [0.15, 0.2) is 42.5 Å². The predicted molar refractivity (Wildman–Crippen MR) is 109 cm³/mol. The largest absolute Gasteiger partial charge is 0.494 e. The van der Waals surface area contributed by atoms with Gasteiger partial charge in [-0.1, -0.05) is 17.7 Å². The maximum Gasteiger partial charge on any atom is 0.225 e. The van der Waals surface area contributed by atoms with E-state index in [4.69, 9.17) is 25.8 Å². The molecule has 2 aromatic carbocycles. The van der Waals surface area contributed by atoms with Crippen molar-refractivity contribution in [3.05, 3.63) is 64.2 Å². The van der Waals surface area contributed by atoms with Gasteiger partial charge in [0.05, 0.1) is 24.8 Å². The summed E-state index contributed by atoms with van der Waals surface area (Å²) in [5.41, 5.74) is -0.867. The number of ketones is 1. The molecule has 9 heteroatoms. The summed E-state index contributed by atoms with van der Waals surface area (Å²) in [6.07, 6.45) is -4.86. The molecule has 2 heterocycles. The Morgan fingerprint density at radius 1 is 1.16 bits per heavy atom. The third kappa shape index (κ3) is 3.44. The van der Waals surface area contributed by atoms with E-state index < -0.39 is 36.3 Å². The number of hydrogen-bond donors (Lipinski definition) is 4. The summed E-state index contributed by atoms with van der Waals surface area (Å²) in [5.74, 6) is -1.62. The average Bonchev–Trinajstić information content (AvgIpc) is 3.17. The number of benzene rings is 2. The van der Waals surface area contributed by atoms with E-state index in [1.54, 1.807) is 24.3 Å². The van der Waals surface area contributed by atoms with Gasteiger partial charge in [-0.25, -0.2) is 0 Å². The lowest BCUT2D eigenvalue weighted by Gasteiger charge is -2.45. The van der Waals surface area contributed by atoms with E-state index in [2.05, 4.69) is 0 Å². The number of fused-ring (bicyclic) bond motifs is 2. The second-order valence-corrected chi connectivity index (χ2v) is 8.05. The van der Waals surface area contributed by atoms with Gasteiger partial charge in [0.1, 0.15) is 29.7 Å². The van der Waals surface area contributed by atoms with Crippen LogP contribution in [-0.4, -0.2) is 69.9 Å². The van der Waals surface area contributed by atoms with Gasteiger partial charge in [0, 0.05) is 16.7 Å². The average molecular weight is 451 g/mol. The summed E-state index contributed by atoms with van der Waals surface area (Å²) in [5, 5.41) is 41.2. The molecular formula is C22H23ClO8. The number of carbonyl (C=O) groups is 1. The number of carbonyl (C=O) groups excluding carboxylic acids is 1. The van der Waals surface area contributed by atoms with E-state index in [1.807, 2.05) is 6.92 Å². The highest BCUT2D eigenvalue weighted by Gasteiger charge is 2.67. The lowest BCUT2D eigenvalue weighted by atomic mass is 9.83. The predicted octanol–water partition coefficient (Wildman–Crippen LogP) is 0.997. The normalized spacial score (nSPS) is 32.1. The molecule has 2 saturated heterocycles. The molecule has 0 unspecified atom stereocenters. The van der Waals surface area contributed by atoms with Crippen molar-refractivity contribution in [1.29, 1.82) is 0 Å². The van der Waals surface area contributed by atoms with Crippen LogP contribution in [0, 0.1) is 0 Å². The van der Waals surface area contributed by atoms with Crippen molar-refractivity contribution in [2.24, 2.45) is 0 Å². The number of halogens is 1. The van der Waals surface area contributed by atoms with Crippen LogP contribution in [0.4, 0.5) is 0 Å². The molecule has 0 saturated carbocycles. The van der Waals surface area contributed by atoms with Crippen molar-refractivity contribution in [2.75, 3.05) is 19.8 Å². The van der Waals surface area contributed by atoms with Crippen LogP contribution < -0.4 is 4.74 Å². The zero-order valence-electron chi connectivity index (χ0n) is 16.7. The molecule has 4 N–H and O–H groups in total. The van der Waals surface area contributed by atoms with Crippen LogP contribution in [0.5, 0.6) is 5.75 Å². The highest BCUT2D eigenvalue weighted by Crippen LogP contribution is 2.49. The Morgan fingerprint density at radius 2 is 1.87 bits per heavy atom. The van der Waals surface area contributed by atoms with Gasteiger partial charge >= 0.3 is 0 Å². The number of hydrogen-bond acceptors (Lipinski definition) is 8. The molecule has 0 radical (unpaired) electrons. The number of rotatable bonds is 6. The first kappa shape index (κ1) is 22.2. The molecule has 0 spiro atoms. The van der Waals surface area contributed by atoms with Crippen LogP contribution >= 0.6 is 11.6 Å². The molecule has 4 rings (SSSR count). The van der Waals surface area contributed by atoms with Gasteiger partial charge in [-0.3, -0.25) is 4.79 Å². The number of aliphatic hydroxyl groups excluding tert-OH is 4. The summed E-state index contributed by atoms with van der Waals surface area (Å²) < 4.78 is 16.9. The molecule has 2 fully saturated rings. The first-order valence-corrected chi connectivity index (χ1v) is 10.2. The van der Waals surface area contributed by atoms with Gasteiger partial charge in [0.25, 0.3) is 0 Å². The summed E-state index contributed by atoms with van der Waals surface area (Å²) in [7, 11) is 0. The van der Waals surface area contributed by atoms with Crippen LogP contribution in [0.2, 0.25) is 5.02 Å². The zero-order chi connectivity index (χ0) is 22.4. The van der Waals surface area contributed by atoms with Gasteiger partial charge < -0.3 is 34.6 Å². The standard InChI is InChI=1S/C22H23ClO8/c1-2-29-14-6-3-12(4-7-14)17(25)15-9-13(5-8-16(15)23)22-20(28)18(26)19(27)21(10-24,31-22)11-30-22/h3-9,18-20,24,26-28H,2,10-11H2,1H3/t18-,19-,20+,21-,22-/m0/s1. The fourth-order valence-electron chi connectivity index (χ4n) is 4.02. The summed E-state index contributed by atoms with van der Waals surface area (Å²) in [6, 6.07) is 11.0. The van der Waals surface area contributed by atoms with Crippen molar-refractivity contribution in [3.63, 3.8) is 0 Å². The first-order valence-electron chi connectivity index (χ1n) is 9.85. The van der Waals surface area contributed by atoms with Crippen LogP contribution in [0.3, 0.4) is 0 Å². The molecule has 2 aliphatic rings. The Kier molecular flexibility index (Phi) is 5.82.